The number of hydrogen-bond acceptors (Lipinski definition) is 3. The van der Waals surface area contributed by atoms with E-state index in [-0.39, 0.29) is 12.5 Å². The summed E-state index contributed by atoms with van der Waals surface area (Å²) in [5.41, 5.74) is 6.56. The highest BCUT2D eigenvalue weighted by Gasteiger charge is 2.15. The van der Waals surface area contributed by atoms with Crippen LogP contribution in [0.25, 0.3) is 0 Å². The first-order chi connectivity index (χ1) is 9.04. The predicted octanol–water partition coefficient (Wildman–Crippen LogP) is 2.04. The number of nitrogens with two attached hydrogens (primary N) is 1. The molecule has 0 aliphatic carbocycles. The van der Waals surface area contributed by atoms with Crippen LogP contribution in [0.2, 0.25) is 0 Å². The van der Waals surface area contributed by atoms with Crippen LogP contribution < -0.4 is 15.8 Å². The van der Waals surface area contributed by atoms with Gasteiger partial charge in [0.1, 0.15) is 18.4 Å². The molecule has 1 rings (SSSR count). The summed E-state index contributed by atoms with van der Waals surface area (Å²) in [4.78, 5) is 11.3. The maximum atomic E-state index is 11.3. The van der Waals surface area contributed by atoms with Gasteiger partial charge in [-0.25, -0.2) is 0 Å². The molecule has 0 saturated heterocycles. The number of carbonyl (C=O) groups excluding carboxylic acids is 1. The predicted molar refractivity (Wildman–Crippen MR) is 77.3 cm³/mol. The minimum absolute atomic E-state index is 0.261. The number of ether oxygens (including phenoxy) is 1. The van der Waals surface area contributed by atoms with Crippen molar-refractivity contribution in [1.29, 1.82) is 0 Å². The SMILES string of the molecule is CCCNC(COc1cccc(C(C)C)c1)C(N)=O. The van der Waals surface area contributed by atoms with Gasteiger partial charge < -0.3 is 15.8 Å². The topological polar surface area (TPSA) is 64.3 Å². The van der Waals surface area contributed by atoms with Crippen LogP contribution in [-0.2, 0) is 4.79 Å². The molecule has 0 aliphatic heterocycles. The van der Waals surface area contributed by atoms with Gasteiger partial charge in [-0.2, -0.15) is 0 Å². The monoisotopic (exact) mass is 264 g/mol. The summed E-state index contributed by atoms with van der Waals surface area (Å²) in [5, 5.41) is 3.08. The third-order valence-electron chi connectivity index (χ3n) is 2.93. The molecule has 1 aromatic carbocycles. The molecule has 1 aromatic rings. The number of primary amides is 1. The van der Waals surface area contributed by atoms with Crippen molar-refractivity contribution in [3.63, 3.8) is 0 Å². The summed E-state index contributed by atoms with van der Waals surface area (Å²) in [5.74, 6) is 0.845. The highest BCUT2D eigenvalue weighted by atomic mass is 16.5. The lowest BCUT2D eigenvalue weighted by Gasteiger charge is -2.16. The summed E-state index contributed by atoms with van der Waals surface area (Å²) in [6.07, 6.45) is 0.951. The molecule has 106 valence electrons. The van der Waals surface area contributed by atoms with Crippen LogP contribution in [0.3, 0.4) is 0 Å². The molecule has 0 saturated carbocycles. The quantitative estimate of drug-likeness (QED) is 0.755. The molecule has 19 heavy (non-hydrogen) atoms. The number of carbonyl (C=O) groups is 1. The van der Waals surface area contributed by atoms with Gasteiger partial charge in [-0.1, -0.05) is 32.9 Å². The van der Waals surface area contributed by atoms with Crippen LogP contribution in [0.1, 0.15) is 38.7 Å². The summed E-state index contributed by atoms with van der Waals surface area (Å²) >= 11 is 0. The summed E-state index contributed by atoms with van der Waals surface area (Å²) in [6.45, 7) is 7.32. The van der Waals surface area contributed by atoms with E-state index in [1.165, 1.54) is 5.56 Å². The lowest BCUT2D eigenvalue weighted by Crippen LogP contribution is -2.45. The van der Waals surface area contributed by atoms with Crippen molar-refractivity contribution >= 4 is 5.91 Å². The minimum Gasteiger partial charge on any atom is -0.491 e. The van der Waals surface area contributed by atoms with Gasteiger partial charge in [0.2, 0.25) is 5.91 Å². The lowest BCUT2D eigenvalue weighted by molar-refractivity contribution is -0.120. The molecular weight excluding hydrogens is 240 g/mol. The largest absolute Gasteiger partial charge is 0.491 e. The summed E-state index contributed by atoms with van der Waals surface area (Å²) in [7, 11) is 0. The fourth-order valence-corrected chi connectivity index (χ4v) is 1.70. The van der Waals surface area contributed by atoms with Gasteiger partial charge in [0.05, 0.1) is 0 Å². The minimum atomic E-state index is -0.442. The molecule has 0 spiro atoms. The van der Waals surface area contributed by atoms with Crippen molar-refractivity contribution < 1.29 is 9.53 Å². The first-order valence-electron chi connectivity index (χ1n) is 6.80. The van der Waals surface area contributed by atoms with E-state index >= 15 is 0 Å². The average molecular weight is 264 g/mol. The van der Waals surface area contributed by atoms with Gasteiger partial charge in [0.15, 0.2) is 0 Å². The fourth-order valence-electron chi connectivity index (χ4n) is 1.70. The third kappa shape index (κ3) is 5.30. The third-order valence-corrected chi connectivity index (χ3v) is 2.93. The van der Waals surface area contributed by atoms with Crippen molar-refractivity contribution in [3.8, 4) is 5.75 Å². The van der Waals surface area contributed by atoms with Gasteiger partial charge in [-0.15, -0.1) is 0 Å². The Morgan fingerprint density at radius 3 is 2.74 bits per heavy atom. The van der Waals surface area contributed by atoms with E-state index in [1.807, 2.05) is 25.1 Å². The van der Waals surface area contributed by atoms with Crippen LogP contribution in [-0.4, -0.2) is 25.1 Å². The van der Waals surface area contributed by atoms with Gasteiger partial charge in [0, 0.05) is 0 Å². The van der Waals surface area contributed by atoms with E-state index in [1.54, 1.807) is 0 Å². The molecule has 0 heterocycles. The first-order valence-corrected chi connectivity index (χ1v) is 6.80. The van der Waals surface area contributed by atoms with E-state index in [9.17, 15) is 4.79 Å². The van der Waals surface area contributed by atoms with Crippen molar-refractivity contribution in [2.45, 2.75) is 39.2 Å². The lowest BCUT2D eigenvalue weighted by atomic mass is 10.0. The van der Waals surface area contributed by atoms with Crippen molar-refractivity contribution in [2.75, 3.05) is 13.2 Å². The molecule has 1 unspecified atom stereocenters. The van der Waals surface area contributed by atoms with Gasteiger partial charge in [0.25, 0.3) is 0 Å². The summed E-state index contributed by atoms with van der Waals surface area (Å²) in [6, 6.07) is 7.48. The Bertz CT molecular complexity index is 405. The number of amides is 1. The number of benzene rings is 1. The Morgan fingerprint density at radius 1 is 1.42 bits per heavy atom. The second-order valence-corrected chi connectivity index (χ2v) is 4.95. The van der Waals surface area contributed by atoms with Gasteiger partial charge in [-0.3, -0.25) is 4.79 Å². The normalized spacial score (nSPS) is 12.4. The van der Waals surface area contributed by atoms with Crippen molar-refractivity contribution in [2.24, 2.45) is 5.73 Å². The Kier molecular flexibility index (Phi) is 6.36. The zero-order valence-electron chi connectivity index (χ0n) is 12.0. The maximum Gasteiger partial charge on any atom is 0.238 e. The van der Waals surface area contributed by atoms with Gasteiger partial charge in [-0.05, 0) is 36.6 Å². The van der Waals surface area contributed by atoms with Crippen LogP contribution in [0.5, 0.6) is 5.75 Å². The van der Waals surface area contributed by atoms with E-state index in [4.69, 9.17) is 10.5 Å². The van der Waals surface area contributed by atoms with Crippen LogP contribution in [0, 0.1) is 0 Å². The molecule has 3 N–H and O–H groups in total. The molecule has 1 atom stereocenters. The smallest absolute Gasteiger partial charge is 0.238 e. The Hall–Kier alpha value is -1.55. The second kappa shape index (κ2) is 7.79. The Labute approximate surface area is 115 Å². The maximum absolute atomic E-state index is 11.3. The Balaban J connectivity index is 2.58. The molecule has 4 nitrogen and oxygen atoms in total. The average Bonchev–Trinajstić information content (AvgIpc) is 2.38. The first kappa shape index (κ1) is 15.5. The molecule has 0 aromatic heterocycles. The fraction of sp³-hybridized carbons (Fsp3) is 0.533. The molecular formula is C15H24N2O2. The van der Waals surface area contributed by atoms with Crippen LogP contribution in [0.4, 0.5) is 0 Å². The zero-order valence-corrected chi connectivity index (χ0v) is 12.0. The van der Waals surface area contributed by atoms with Gasteiger partial charge >= 0.3 is 0 Å². The Morgan fingerprint density at radius 2 is 2.16 bits per heavy atom. The molecule has 0 radical (unpaired) electrons. The zero-order chi connectivity index (χ0) is 14.3. The molecule has 0 aliphatic rings. The van der Waals surface area contributed by atoms with E-state index in [2.05, 4.69) is 25.2 Å². The second-order valence-electron chi connectivity index (χ2n) is 4.95. The number of rotatable bonds is 8. The molecule has 0 fully saturated rings. The van der Waals surface area contributed by atoms with Crippen molar-refractivity contribution in [1.82, 2.24) is 5.32 Å². The van der Waals surface area contributed by atoms with E-state index in [0.717, 1.165) is 18.7 Å². The van der Waals surface area contributed by atoms with E-state index in [0.29, 0.717) is 5.92 Å². The standard InChI is InChI=1S/C15H24N2O2/c1-4-8-17-14(15(16)18)10-19-13-7-5-6-12(9-13)11(2)3/h5-7,9,11,14,17H,4,8,10H2,1-3H3,(H2,16,18). The highest BCUT2D eigenvalue weighted by molar-refractivity contribution is 5.80. The van der Waals surface area contributed by atoms with E-state index < -0.39 is 6.04 Å². The van der Waals surface area contributed by atoms with Crippen LogP contribution in [0.15, 0.2) is 24.3 Å². The van der Waals surface area contributed by atoms with Crippen LogP contribution >= 0.6 is 0 Å². The van der Waals surface area contributed by atoms with Crippen molar-refractivity contribution in [3.05, 3.63) is 29.8 Å². The number of hydrogen-bond donors (Lipinski definition) is 2. The summed E-state index contributed by atoms with van der Waals surface area (Å²) < 4.78 is 5.65. The highest BCUT2D eigenvalue weighted by Crippen LogP contribution is 2.20. The molecule has 1 amide bonds. The molecule has 0 bridgehead atoms. The molecule has 4 heteroatoms. The number of nitrogens with one attached hydrogen (secondary N) is 1.